The van der Waals surface area contributed by atoms with Gasteiger partial charge in [-0.3, -0.25) is 0 Å². The SMILES string of the molecule is c1ccc(-c2ccc(C(CCc3ccccc3-c3ccccc3)c3cccc4c3-c3c(ccc5ccccc35)C43c4ccccc4Oc4ccccc43)cc2)cc1. The summed E-state index contributed by atoms with van der Waals surface area (Å²) >= 11 is 0. The highest BCUT2D eigenvalue weighted by Crippen LogP contribution is 2.64. The number of hydrogen-bond donors (Lipinski definition) is 0. The lowest BCUT2D eigenvalue weighted by atomic mass is 9.66. The van der Waals surface area contributed by atoms with E-state index in [1.165, 1.54) is 83.1 Å². The molecule has 0 saturated heterocycles. The lowest BCUT2D eigenvalue weighted by Crippen LogP contribution is -2.32. The maximum atomic E-state index is 6.71. The Bertz CT molecular complexity index is 2880. The monoisotopic (exact) mass is 728 g/mol. The zero-order chi connectivity index (χ0) is 37.8. The molecule has 1 aliphatic heterocycles. The van der Waals surface area contributed by atoms with Gasteiger partial charge in [0.2, 0.25) is 0 Å². The third kappa shape index (κ3) is 5.30. The van der Waals surface area contributed by atoms with Crippen molar-refractivity contribution in [1.82, 2.24) is 0 Å². The Morgan fingerprint density at radius 3 is 1.74 bits per heavy atom. The summed E-state index contributed by atoms with van der Waals surface area (Å²) in [5.41, 5.74) is 16.3. The average Bonchev–Trinajstić information content (AvgIpc) is 3.59. The van der Waals surface area contributed by atoms with Crippen molar-refractivity contribution in [2.75, 3.05) is 0 Å². The largest absolute Gasteiger partial charge is 0.457 e. The molecule has 1 aliphatic carbocycles. The second kappa shape index (κ2) is 13.7. The topological polar surface area (TPSA) is 9.23 Å². The van der Waals surface area contributed by atoms with Crippen LogP contribution in [0.3, 0.4) is 0 Å². The van der Waals surface area contributed by atoms with Crippen LogP contribution in [0.15, 0.2) is 212 Å². The van der Waals surface area contributed by atoms with Crippen LogP contribution in [-0.4, -0.2) is 0 Å². The number of benzene rings is 9. The van der Waals surface area contributed by atoms with Crippen LogP contribution >= 0.6 is 0 Å². The molecule has 0 bridgehead atoms. The zero-order valence-electron chi connectivity index (χ0n) is 31.6. The number of fused-ring (bicyclic) bond motifs is 11. The van der Waals surface area contributed by atoms with Crippen molar-refractivity contribution in [3.63, 3.8) is 0 Å². The molecule has 1 nitrogen and oxygen atoms in total. The van der Waals surface area contributed by atoms with E-state index in [4.69, 9.17) is 4.74 Å². The van der Waals surface area contributed by atoms with E-state index in [0.29, 0.717) is 0 Å². The highest BCUT2D eigenvalue weighted by atomic mass is 16.5. The van der Waals surface area contributed by atoms with Gasteiger partial charge in [0.1, 0.15) is 11.5 Å². The third-order valence-electron chi connectivity index (χ3n) is 12.5. The van der Waals surface area contributed by atoms with Gasteiger partial charge in [-0.15, -0.1) is 0 Å². The van der Waals surface area contributed by atoms with E-state index in [9.17, 15) is 0 Å². The molecule has 11 rings (SSSR count). The maximum Gasteiger partial charge on any atom is 0.132 e. The quantitative estimate of drug-likeness (QED) is 0.159. The molecule has 1 spiro atoms. The van der Waals surface area contributed by atoms with Crippen LogP contribution < -0.4 is 4.74 Å². The van der Waals surface area contributed by atoms with Gasteiger partial charge in [-0.2, -0.15) is 0 Å². The minimum atomic E-state index is -0.544. The fraction of sp³-hybridized carbons (Fsp3) is 0.0714. The Labute approximate surface area is 334 Å². The first-order chi connectivity index (χ1) is 28.3. The highest BCUT2D eigenvalue weighted by molar-refractivity contribution is 6.05. The third-order valence-corrected chi connectivity index (χ3v) is 12.5. The van der Waals surface area contributed by atoms with Crippen LogP contribution in [0.5, 0.6) is 11.5 Å². The molecule has 2 aliphatic rings. The first-order valence-electron chi connectivity index (χ1n) is 20.1. The Hall–Kier alpha value is -6.96. The fourth-order valence-corrected chi connectivity index (χ4v) is 10.0. The molecule has 0 saturated carbocycles. The number of aryl methyl sites for hydroxylation is 1. The molecule has 270 valence electrons. The summed E-state index contributed by atoms with van der Waals surface area (Å²) in [6, 6.07) is 78.0. The predicted octanol–water partition coefficient (Wildman–Crippen LogP) is 14.4. The molecule has 1 atom stereocenters. The van der Waals surface area contributed by atoms with Crippen LogP contribution in [0, 0.1) is 0 Å². The Morgan fingerprint density at radius 1 is 0.404 bits per heavy atom. The second-order valence-electron chi connectivity index (χ2n) is 15.4. The summed E-state index contributed by atoms with van der Waals surface area (Å²) in [6.07, 6.45) is 1.89. The van der Waals surface area contributed by atoms with E-state index in [1.807, 2.05) is 0 Å². The molecule has 1 heterocycles. The molecular formula is C56H40O. The van der Waals surface area contributed by atoms with Crippen molar-refractivity contribution in [2.24, 2.45) is 0 Å². The molecular weight excluding hydrogens is 689 g/mol. The Kier molecular flexibility index (Phi) is 8.00. The van der Waals surface area contributed by atoms with Gasteiger partial charge in [0.05, 0.1) is 5.41 Å². The van der Waals surface area contributed by atoms with E-state index in [-0.39, 0.29) is 5.92 Å². The van der Waals surface area contributed by atoms with Crippen molar-refractivity contribution >= 4 is 10.8 Å². The minimum Gasteiger partial charge on any atom is -0.457 e. The summed E-state index contributed by atoms with van der Waals surface area (Å²) in [7, 11) is 0. The van der Waals surface area contributed by atoms with Gasteiger partial charge in [0.15, 0.2) is 0 Å². The summed E-state index contributed by atoms with van der Waals surface area (Å²) in [5, 5.41) is 2.54. The fourth-order valence-electron chi connectivity index (χ4n) is 10.0. The lowest BCUT2D eigenvalue weighted by Gasteiger charge is -2.39. The van der Waals surface area contributed by atoms with Crippen LogP contribution in [0.4, 0.5) is 0 Å². The zero-order valence-corrected chi connectivity index (χ0v) is 31.6. The molecule has 1 heteroatoms. The van der Waals surface area contributed by atoms with Gasteiger partial charge in [-0.05, 0) is 96.9 Å². The second-order valence-corrected chi connectivity index (χ2v) is 15.4. The molecule has 1 unspecified atom stereocenters. The summed E-state index contributed by atoms with van der Waals surface area (Å²) in [4.78, 5) is 0. The van der Waals surface area contributed by atoms with E-state index in [1.54, 1.807) is 0 Å². The van der Waals surface area contributed by atoms with Crippen LogP contribution in [-0.2, 0) is 11.8 Å². The predicted molar refractivity (Wildman–Crippen MR) is 235 cm³/mol. The van der Waals surface area contributed by atoms with Gasteiger partial charge in [0.25, 0.3) is 0 Å². The van der Waals surface area contributed by atoms with Crippen LogP contribution in [0.25, 0.3) is 44.2 Å². The van der Waals surface area contributed by atoms with Gasteiger partial charge in [-0.1, -0.05) is 200 Å². The summed E-state index contributed by atoms with van der Waals surface area (Å²) in [6.45, 7) is 0. The van der Waals surface area contributed by atoms with Crippen LogP contribution in [0.1, 0.15) is 51.3 Å². The van der Waals surface area contributed by atoms with Crippen molar-refractivity contribution in [3.8, 4) is 44.9 Å². The lowest BCUT2D eigenvalue weighted by molar-refractivity contribution is 0.436. The smallest absolute Gasteiger partial charge is 0.132 e. The van der Waals surface area contributed by atoms with Crippen molar-refractivity contribution in [3.05, 3.63) is 251 Å². The standard InChI is InChI=1S/C56H40O/c1-3-16-38(17-4-1)39-30-32-43(33-31-39)45(36-34-41-20-7-9-22-44(41)40-18-5-2-6-19-40)47-24-15-27-50-55(47)54-46-23-10-8-21-42(46)35-37-51(54)56(50)48-25-11-13-28-52(48)57-53-29-14-12-26-49(53)56/h1-33,35,37,45H,34,36H2. The van der Waals surface area contributed by atoms with E-state index >= 15 is 0 Å². The van der Waals surface area contributed by atoms with Gasteiger partial charge < -0.3 is 4.74 Å². The van der Waals surface area contributed by atoms with E-state index in [2.05, 4.69) is 212 Å². The average molecular weight is 729 g/mol. The summed E-state index contributed by atoms with van der Waals surface area (Å²) in [5.74, 6) is 1.96. The normalized spacial score (nSPS) is 13.6. The van der Waals surface area contributed by atoms with Gasteiger partial charge in [0, 0.05) is 17.0 Å². The van der Waals surface area contributed by atoms with Crippen LogP contribution in [0.2, 0.25) is 0 Å². The number of ether oxygens (including phenoxy) is 1. The molecule has 0 aromatic heterocycles. The van der Waals surface area contributed by atoms with Crippen molar-refractivity contribution in [1.29, 1.82) is 0 Å². The first kappa shape index (κ1) is 33.4. The van der Waals surface area contributed by atoms with Gasteiger partial charge >= 0.3 is 0 Å². The Morgan fingerprint density at radius 2 is 0.982 bits per heavy atom. The van der Waals surface area contributed by atoms with Crippen molar-refractivity contribution < 1.29 is 4.74 Å². The highest BCUT2D eigenvalue weighted by Gasteiger charge is 2.52. The van der Waals surface area contributed by atoms with Crippen molar-refractivity contribution in [2.45, 2.75) is 24.2 Å². The molecule has 0 amide bonds. The first-order valence-corrected chi connectivity index (χ1v) is 20.1. The van der Waals surface area contributed by atoms with Gasteiger partial charge in [-0.25, -0.2) is 0 Å². The number of para-hydroxylation sites is 2. The Balaban J connectivity index is 1.16. The molecule has 0 radical (unpaired) electrons. The molecule has 0 N–H and O–H groups in total. The van der Waals surface area contributed by atoms with E-state index in [0.717, 1.165) is 24.3 Å². The number of hydrogen-bond acceptors (Lipinski definition) is 1. The van der Waals surface area contributed by atoms with E-state index < -0.39 is 5.41 Å². The number of rotatable bonds is 7. The minimum absolute atomic E-state index is 0.126. The maximum absolute atomic E-state index is 6.71. The molecule has 0 fully saturated rings. The summed E-state index contributed by atoms with van der Waals surface area (Å²) < 4.78 is 6.71. The molecule has 9 aromatic carbocycles. The molecule has 9 aromatic rings. The molecule has 57 heavy (non-hydrogen) atoms.